The molecule has 3 N–H and O–H groups in total. The molecule has 8 heteroatoms. The molecule has 3 aliphatic rings. The molecule has 2 heterocycles. The van der Waals surface area contributed by atoms with Gasteiger partial charge in [0.1, 0.15) is 6.04 Å². The van der Waals surface area contributed by atoms with E-state index in [0.717, 1.165) is 32.2 Å². The fourth-order valence-electron chi connectivity index (χ4n) is 4.63. The Morgan fingerprint density at radius 2 is 2.00 bits per heavy atom. The summed E-state index contributed by atoms with van der Waals surface area (Å²) in [6.07, 6.45) is 5.75. The molecule has 3 amide bonds. The van der Waals surface area contributed by atoms with Crippen LogP contribution in [0.5, 0.6) is 0 Å². The first kappa shape index (κ1) is 20.0. The van der Waals surface area contributed by atoms with E-state index in [1.54, 1.807) is 11.9 Å². The average molecular weight is 373 g/mol. The van der Waals surface area contributed by atoms with Crippen LogP contribution in [0.1, 0.15) is 38.5 Å². The van der Waals surface area contributed by atoms with Crippen molar-refractivity contribution in [2.45, 2.75) is 44.6 Å². The average Bonchev–Trinajstić information content (AvgIpc) is 3.25. The van der Waals surface area contributed by atoms with Gasteiger partial charge in [-0.15, -0.1) is 12.4 Å². The van der Waals surface area contributed by atoms with Crippen LogP contribution >= 0.6 is 12.4 Å². The summed E-state index contributed by atoms with van der Waals surface area (Å²) in [7, 11) is 1.58. The lowest BCUT2D eigenvalue weighted by Crippen LogP contribution is -2.52. The number of hydrogen-bond acceptors (Lipinski definition) is 4. The highest BCUT2D eigenvalue weighted by molar-refractivity contribution is 5.92. The zero-order chi connectivity index (χ0) is 17.2. The summed E-state index contributed by atoms with van der Waals surface area (Å²) in [5.74, 6) is 0.0928. The largest absolute Gasteiger partial charge is 0.357 e. The summed E-state index contributed by atoms with van der Waals surface area (Å²) < 4.78 is 0. The number of fused-ring (bicyclic) bond motifs is 1. The van der Waals surface area contributed by atoms with Crippen molar-refractivity contribution in [3.05, 3.63) is 0 Å². The van der Waals surface area contributed by atoms with Crippen LogP contribution < -0.4 is 16.0 Å². The van der Waals surface area contributed by atoms with Crippen LogP contribution in [0.15, 0.2) is 0 Å². The van der Waals surface area contributed by atoms with Crippen molar-refractivity contribution in [2.75, 3.05) is 33.2 Å². The summed E-state index contributed by atoms with van der Waals surface area (Å²) in [6.45, 7) is 2.18. The molecule has 3 fully saturated rings. The molecule has 25 heavy (non-hydrogen) atoms. The second-order valence-electron chi connectivity index (χ2n) is 7.27. The monoisotopic (exact) mass is 372 g/mol. The number of nitrogens with one attached hydrogen (secondary N) is 3. The summed E-state index contributed by atoms with van der Waals surface area (Å²) in [5.41, 5.74) is -0.344. The van der Waals surface area contributed by atoms with E-state index in [1.165, 1.54) is 6.42 Å². The number of carbonyl (C=O) groups excluding carboxylic acids is 3. The number of likely N-dealkylation sites (N-methyl/N-ethyl adjacent to an activating group) is 1. The van der Waals surface area contributed by atoms with Crippen LogP contribution in [0, 0.1) is 11.3 Å². The van der Waals surface area contributed by atoms with Gasteiger partial charge in [-0.25, -0.2) is 0 Å². The minimum absolute atomic E-state index is 0. The molecule has 0 radical (unpaired) electrons. The van der Waals surface area contributed by atoms with E-state index in [1.807, 2.05) is 0 Å². The molecule has 1 saturated carbocycles. The molecule has 142 valence electrons. The number of nitrogens with zero attached hydrogens (tertiary/aromatic N) is 1. The van der Waals surface area contributed by atoms with Gasteiger partial charge in [0.15, 0.2) is 0 Å². The Kier molecular flexibility index (Phi) is 6.68. The Labute approximate surface area is 155 Å². The minimum Gasteiger partial charge on any atom is -0.357 e. The first-order chi connectivity index (χ1) is 11.6. The summed E-state index contributed by atoms with van der Waals surface area (Å²) in [5, 5.41) is 8.83. The van der Waals surface area contributed by atoms with Gasteiger partial charge in [-0.1, -0.05) is 12.8 Å². The number of carbonyl (C=O) groups is 3. The lowest BCUT2D eigenvalue weighted by molar-refractivity contribution is -0.140. The molecule has 2 aliphatic heterocycles. The van der Waals surface area contributed by atoms with Crippen LogP contribution in [-0.4, -0.2) is 61.9 Å². The molecular formula is C17H29ClN4O3. The normalized spacial score (nSPS) is 31.0. The quantitative estimate of drug-likeness (QED) is 0.650. The SMILES string of the molecule is CNC(=O)C1CCCN1C(=O)CNC(=O)[C@@]12CCCC[C@H]1CNC2.Cl. The summed E-state index contributed by atoms with van der Waals surface area (Å²) >= 11 is 0. The molecule has 0 bridgehead atoms. The van der Waals surface area contributed by atoms with Crippen molar-refractivity contribution in [1.29, 1.82) is 0 Å². The van der Waals surface area contributed by atoms with Crippen molar-refractivity contribution >= 4 is 30.1 Å². The Hall–Kier alpha value is -1.34. The third-order valence-electron chi connectivity index (χ3n) is 6.01. The Morgan fingerprint density at radius 3 is 2.76 bits per heavy atom. The first-order valence-corrected chi connectivity index (χ1v) is 9.08. The molecule has 0 aromatic rings. The molecule has 0 spiro atoms. The van der Waals surface area contributed by atoms with Gasteiger partial charge in [0, 0.05) is 20.1 Å². The molecule has 3 rings (SSSR count). The molecule has 0 aromatic carbocycles. The van der Waals surface area contributed by atoms with E-state index < -0.39 is 6.04 Å². The smallest absolute Gasteiger partial charge is 0.242 e. The van der Waals surface area contributed by atoms with Crippen molar-refractivity contribution in [2.24, 2.45) is 11.3 Å². The van der Waals surface area contributed by atoms with Gasteiger partial charge in [-0.2, -0.15) is 0 Å². The molecule has 1 unspecified atom stereocenters. The molecule has 7 nitrogen and oxygen atoms in total. The highest BCUT2D eigenvalue weighted by Gasteiger charge is 2.49. The van der Waals surface area contributed by atoms with E-state index in [4.69, 9.17) is 0 Å². The topological polar surface area (TPSA) is 90.5 Å². The Bertz CT molecular complexity index is 530. The standard InChI is InChI=1S/C17H28N4O3.ClH/c1-18-15(23)13-6-4-8-21(13)14(22)10-20-16(24)17-7-3-2-5-12(17)9-19-11-17;/h12-13,19H,2-11H2,1H3,(H,18,23)(H,20,24);1H/t12-,13?,17+;/m0./s1. The maximum absolute atomic E-state index is 12.8. The van der Waals surface area contributed by atoms with Crippen LogP contribution in [0.4, 0.5) is 0 Å². The zero-order valence-corrected chi connectivity index (χ0v) is 15.6. The van der Waals surface area contributed by atoms with Crippen LogP contribution in [-0.2, 0) is 14.4 Å². The first-order valence-electron chi connectivity index (χ1n) is 9.08. The second-order valence-corrected chi connectivity index (χ2v) is 7.27. The van der Waals surface area contributed by atoms with Gasteiger partial charge in [-0.05, 0) is 38.1 Å². The summed E-state index contributed by atoms with van der Waals surface area (Å²) in [6, 6.07) is -0.395. The fraction of sp³-hybridized carbons (Fsp3) is 0.824. The maximum Gasteiger partial charge on any atom is 0.242 e. The highest BCUT2D eigenvalue weighted by atomic mass is 35.5. The van der Waals surface area contributed by atoms with Crippen LogP contribution in [0.2, 0.25) is 0 Å². The van der Waals surface area contributed by atoms with Gasteiger partial charge in [0.2, 0.25) is 17.7 Å². The number of halogens is 1. The number of amides is 3. The van der Waals surface area contributed by atoms with E-state index in [0.29, 0.717) is 25.4 Å². The molecular weight excluding hydrogens is 344 g/mol. The van der Waals surface area contributed by atoms with Gasteiger partial charge in [0.05, 0.1) is 12.0 Å². The Balaban J connectivity index is 0.00000225. The van der Waals surface area contributed by atoms with Crippen molar-refractivity contribution in [1.82, 2.24) is 20.9 Å². The van der Waals surface area contributed by atoms with Crippen molar-refractivity contribution in [3.63, 3.8) is 0 Å². The number of hydrogen-bond donors (Lipinski definition) is 3. The van der Waals surface area contributed by atoms with E-state index >= 15 is 0 Å². The van der Waals surface area contributed by atoms with Gasteiger partial charge >= 0.3 is 0 Å². The van der Waals surface area contributed by atoms with Gasteiger partial charge in [-0.3, -0.25) is 14.4 Å². The molecule has 1 aliphatic carbocycles. The van der Waals surface area contributed by atoms with Gasteiger partial charge in [0.25, 0.3) is 0 Å². The van der Waals surface area contributed by atoms with E-state index in [2.05, 4.69) is 16.0 Å². The highest BCUT2D eigenvalue weighted by Crippen LogP contribution is 2.43. The molecule has 0 aromatic heterocycles. The Morgan fingerprint density at radius 1 is 1.20 bits per heavy atom. The lowest BCUT2D eigenvalue weighted by Gasteiger charge is -2.37. The van der Waals surface area contributed by atoms with E-state index in [-0.39, 0.29) is 42.1 Å². The minimum atomic E-state index is -0.395. The maximum atomic E-state index is 12.8. The van der Waals surface area contributed by atoms with E-state index in [9.17, 15) is 14.4 Å². The zero-order valence-electron chi connectivity index (χ0n) is 14.8. The number of likely N-dealkylation sites (tertiary alicyclic amines) is 1. The van der Waals surface area contributed by atoms with Crippen LogP contribution in [0.3, 0.4) is 0 Å². The fourth-order valence-corrected chi connectivity index (χ4v) is 4.63. The molecule has 3 atom stereocenters. The molecule has 2 saturated heterocycles. The van der Waals surface area contributed by atoms with Crippen LogP contribution in [0.25, 0.3) is 0 Å². The van der Waals surface area contributed by atoms with Gasteiger partial charge < -0.3 is 20.9 Å². The van der Waals surface area contributed by atoms with Crippen molar-refractivity contribution < 1.29 is 14.4 Å². The lowest BCUT2D eigenvalue weighted by atomic mass is 9.67. The third kappa shape index (κ3) is 3.77. The second kappa shape index (κ2) is 8.36. The summed E-state index contributed by atoms with van der Waals surface area (Å²) in [4.78, 5) is 38.7. The predicted molar refractivity (Wildman–Crippen MR) is 96.3 cm³/mol. The predicted octanol–water partition coefficient (Wildman–Crippen LogP) is 0.0412. The third-order valence-corrected chi connectivity index (χ3v) is 6.01. The number of rotatable bonds is 4. The van der Waals surface area contributed by atoms with Crippen molar-refractivity contribution in [3.8, 4) is 0 Å².